The van der Waals surface area contributed by atoms with Gasteiger partial charge >= 0.3 is 6.18 Å². The third-order valence-electron chi connectivity index (χ3n) is 2.13. The fourth-order valence-electron chi connectivity index (χ4n) is 1.21. The molecule has 0 aromatic heterocycles. The molecule has 0 saturated heterocycles. The summed E-state index contributed by atoms with van der Waals surface area (Å²) in [6, 6.07) is 4.12. The van der Waals surface area contributed by atoms with Crippen molar-refractivity contribution in [2.75, 3.05) is 20.1 Å². The van der Waals surface area contributed by atoms with Crippen LogP contribution in [0.3, 0.4) is 0 Å². The largest absolute Gasteiger partial charge is 0.416 e. The molecule has 7 heteroatoms. The van der Waals surface area contributed by atoms with Gasteiger partial charge in [-0.05, 0) is 31.3 Å². The number of benzene rings is 1. The predicted octanol–water partition coefficient (Wildman–Crippen LogP) is 2.08. The quantitative estimate of drug-likeness (QED) is 0.830. The molecule has 2 N–H and O–H groups in total. The molecule has 0 fully saturated rings. The van der Waals surface area contributed by atoms with Crippen LogP contribution in [0, 0.1) is 0 Å². The SMILES string of the molecule is CNCCNC(=O)c1ccc(C(F)(F)F)cc1.Cl. The van der Waals surface area contributed by atoms with Gasteiger partial charge in [-0.2, -0.15) is 13.2 Å². The van der Waals surface area contributed by atoms with Crippen LogP contribution in [0.25, 0.3) is 0 Å². The topological polar surface area (TPSA) is 41.1 Å². The monoisotopic (exact) mass is 282 g/mol. The van der Waals surface area contributed by atoms with Crippen LogP contribution in [0.4, 0.5) is 13.2 Å². The fraction of sp³-hybridized carbons (Fsp3) is 0.364. The highest BCUT2D eigenvalue weighted by Crippen LogP contribution is 2.28. The van der Waals surface area contributed by atoms with E-state index in [1.165, 1.54) is 0 Å². The average molecular weight is 283 g/mol. The third kappa shape index (κ3) is 4.93. The molecule has 0 bridgehead atoms. The van der Waals surface area contributed by atoms with Gasteiger partial charge < -0.3 is 10.6 Å². The Kier molecular flexibility index (Phi) is 6.72. The van der Waals surface area contributed by atoms with Gasteiger partial charge in [-0.15, -0.1) is 12.4 Å². The molecule has 0 saturated carbocycles. The molecule has 3 nitrogen and oxygen atoms in total. The highest BCUT2D eigenvalue weighted by atomic mass is 35.5. The molecule has 0 atom stereocenters. The fourth-order valence-corrected chi connectivity index (χ4v) is 1.21. The van der Waals surface area contributed by atoms with E-state index in [0.717, 1.165) is 24.3 Å². The maximum atomic E-state index is 12.3. The van der Waals surface area contributed by atoms with E-state index in [2.05, 4.69) is 10.6 Å². The minimum absolute atomic E-state index is 0. The van der Waals surface area contributed by atoms with Gasteiger partial charge in [0.25, 0.3) is 5.91 Å². The number of carbonyl (C=O) groups excluding carboxylic acids is 1. The van der Waals surface area contributed by atoms with Crippen LogP contribution in [0.1, 0.15) is 15.9 Å². The van der Waals surface area contributed by atoms with E-state index >= 15 is 0 Å². The Labute approximate surface area is 109 Å². The summed E-state index contributed by atoms with van der Waals surface area (Å²) in [5.41, 5.74) is -0.543. The number of amides is 1. The molecule has 0 unspecified atom stereocenters. The molecule has 0 aliphatic rings. The van der Waals surface area contributed by atoms with Crippen molar-refractivity contribution in [2.45, 2.75) is 6.18 Å². The molecule has 0 spiro atoms. The van der Waals surface area contributed by atoms with Gasteiger partial charge in [0.05, 0.1) is 5.56 Å². The summed E-state index contributed by atoms with van der Waals surface area (Å²) in [6.45, 7) is 1.03. The second-order valence-electron chi connectivity index (χ2n) is 3.43. The van der Waals surface area contributed by atoms with Crippen LogP contribution in [0.15, 0.2) is 24.3 Å². The lowest BCUT2D eigenvalue weighted by Gasteiger charge is -2.08. The second-order valence-corrected chi connectivity index (χ2v) is 3.43. The number of likely N-dealkylation sites (N-methyl/N-ethyl adjacent to an activating group) is 1. The number of carbonyl (C=O) groups is 1. The Hall–Kier alpha value is -1.27. The Balaban J connectivity index is 0.00000289. The van der Waals surface area contributed by atoms with E-state index in [0.29, 0.717) is 13.1 Å². The lowest BCUT2D eigenvalue weighted by Crippen LogP contribution is -2.30. The van der Waals surface area contributed by atoms with Crippen LogP contribution in [-0.4, -0.2) is 26.0 Å². The van der Waals surface area contributed by atoms with E-state index in [-0.39, 0.29) is 23.9 Å². The first-order valence-corrected chi connectivity index (χ1v) is 5.05. The molecule has 0 aliphatic heterocycles. The minimum Gasteiger partial charge on any atom is -0.351 e. The first-order chi connectivity index (χ1) is 7.95. The number of nitrogens with one attached hydrogen (secondary N) is 2. The van der Waals surface area contributed by atoms with Crippen molar-refractivity contribution in [1.29, 1.82) is 0 Å². The van der Waals surface area contributed by atoms with E-state index < -0.39 is 11.7 Å². The summed E-state index contributed by atoms with van der Waals surface area (Å²) >= 11 is 0. The summed E-state index contributed by atoms with van der Waals surface area (Å²) in [6.07, 6.45) is -4.37. The Morgan fingerprint density at radius 2 is 1.72 bits per heavy atom. The summed E-state index contributed by atoms with van der Waals surface area (Å²) < 4.78 is 36.8. The molecule has 102 valence electrons. The number of hydrogen-bond acceptors (Lipinski definition) is 2. The Morgan fingerprint density at radius 1 is 1.17 bits per heavy atom. The number of hydrogen-bond donors (Lipinski definition) is 2. The number of rotatable bonds is 4. The van der Waals surface area contributed by atoms with Gasteiger partial charge in [0.1, 0.15) is 0 Å². The van der Waals surface area contributed by atoms with Gasteiger partial charge in [0.15, 0.2) is 0 Å². The second kappa shape index (κ2) is 7.23. The lowest BCUT2D eigenvalue weighted by molar-refractivity contribution is -0.137. The highest BCUT2D eigenvalue weighted by Gasteiger charge is 2.30. The molecular formula is C11H14ClF3N2O. The zero-order valence-corrected chi connectivity index (χ0v) is 10.5. The van der Waals surface area contributed by atoms with Crippen LogP contribution >= 0.6 is 12.4 Å². The average Bonchev–Trinajstić information content (AvgIpc) is 2.28. The molecule has 0 aliphatic carbocycles. The molecule has 18 heavy (non-hydrogen) atoms. The Morgan fingerprint density at radius 3 is 2.17 bits per heavy atom. The van der Waals surface area contributed by atoms with Gasteiger partial charge in [-0.25, -0.2) is 0 Å². The van der Waals surface area contributed by atoms with Crippen molar-refractivity contribution in [3.63, 3.8) is 0 Å². The zero-order chi connectivity index (χ0) is 12.9. The normalized spacial score (nSPS) is 10.7. The zero-order valence-electron chi connectivity index (χ0n) is 9.67. The Bertz CT molecular complexity index is 379. The molecular weight excluding hydrogens is 269 g/mol. The minimum atomic E-state index is -4.37. The van der Waals surface area contributed by atoms with E-state index in [1.54, 1.807) is 7.05 Å². The first-order valence-electron chi connectivity index (χ1n) is 5.05. The van der Waals surface area contributed by atoms with Crippen LogP contribution in [-0.2, 0) is 6.18 Å². The summed E-state index contributed by atoms with van der Waals surface area (Å²) in [7, 11) is 1.74. The highest BCUT2D eigenvalue weighted by molar-refractivity contribution is 5.94. The maximum Gasteiger partial charge on any atom is 0.416 e. The van der Waals surface area contributed by atoms with Crippen molar-refractivity contribution in [2.24, 2.45) is 0 Å². The molecule has 0 radical (unpaired) electrons. The first kappa shape index (κ1) is 16.7. The number of alkyl halides is 3. The molecule has 1 amide bonds. The van der Waals surface area contributed by atoms with Gasteiger partial charge in [0, 0.05) is 18.7 Å². The molecule has 1 rings (SSSR count). The predicted molar refractivity (Wildman–Crippen MR) is 65.0 cm³/mol. The van der Waals surface area contributed by atoms with Gasteiger partial charge in [-0.1, -0.05) is 0 Å². The molecule has 0 heterocycles. The van der Waals surface area contributed by atoms with E-state index in [1.807, 2.05) is 0 Å². The van der Waals surface area contributed by atoms with Crippen molar-refractivity contribution in [1.82, 2.24) is 10.6 Å². The van der Waals surface area contributed by atoms with Crippen molar-refractivity contribution in [3.05, 3.63) is 35.4 Å². The maximum absolute atomic E-state index is 12.3. The van der Waals surface area contributed by atoms with Gasteiger partial charge in [-0.3, -0.25) is 4.79 Å². The standard InChI is InChI=1S/C11H13F3N2O.ClH/c1-15-6-7-16-10(17)8-2-4-9(5-3-8)11(12,13)14;/h2-5,15H,6-7H2,1H3,(H,16,17);1H. The van der Waals surface area contributed by atoms with Crippen LogP contribution in [0.5, 0.6) is 0 Å². The van der Waals surface area contributed by atoms with E-state index in [9.17, 15) is 18.0 Å². The van der Waals surface area contributed by atoms with Crippen LogP contribution < -0.4 is 10.6 Å². The van der Waals surface area contributed by atoms with Gasteiger partial charge in [0.2, 0.25) is 0 Å². The van der Waals surface area contributed by atoms with E-state index in [4.69, 9.17) is 0 Å². The third-order valence-corrected chi connectivity index (χ3v) is 2.13. The molecule has 1 aromatic rings. The molecule has 1 aromatic carbocycles. The van der Waals surface area contributed by atoms with Crippen molar-refractivity contribution >= 4 is 18.3 Å². The lowest BCUT2D eigenvalue weighted by atomic mass is 10.1. The summed E-state index contributed by atoms with van der Waals surface area (Å²) in [4.78, 5) is 11.5. The smallest absolute Gasteiger partial charge is 0.351 e. The number of halogens is 4. The summed E-state index contributed by atoms with van der Waals surface area (Å²) in [5.74, 6) is -0.381. The summed E-state index contributed by atoms with van der Waals surface area (Å²) in [5, 5.41) is 5.42. The van der Waals surface area contributed by atoms with Crippen molar-refractivity contribution in [3.8, 4) is 0 Å². The van der Waals surface area contributed by atoms with Crippen LogP contribution in [0.2, 0.25) is 0 Å². The van der Waals surface area contributed by atoms with Crippen molar-refractivity contribution < 1.29 is 18.0 Å².